The van der Waals surface area contributed by atoms with Crippen molar-refractivity contribution in [1.82, 2.24) is 10.2 Å². The zero-order valence-corrected chi connectivity index (χ0v) is 12.7. The first kappa shape index (κ1) is 17.5. The van der Waals surface area contributed by atoms with Crippen LogP contribution in [0.15, 0.2) is 0 Å². The lowest BCUT2D eigenvalue weighted by molar-refractivity contribution is -0.130. The molecule has 1 heterocycles. The molecule has 0 aromatic carbocycles. The number of hydrogen-bond donors (Lipinski definition) is 1. The highest BCUT2D eigenvalue weighted by Gasteiger charge is 2.16. The topological polar surface area (TPSA) is 58.6 Å². The van der Waals surface area contributed by atoms with Crippen LogP contribution in [0.1, 0.15) is 44.9 Å². The normalized spacial score (nSPS) is 14.0. The molecule has 0 spiro atoms. The summed E-state index contributed by atoms with van der Waals surface area (Å²) in [7, 11) is 0. The highest BCUT2D eigenvalue weighted by Crippen LogP contribution is 2.11. The summed E-state index contributed by atoms with van der Waals surface area (Å²) in [6, 6.07) is 0. The maximum atomic E-state index is 11.8. The molecule has 0 unspecified atom stereocenters. The van der Waals surface area contributed by atoms with Gasteiger partial charge < -0.3 is 15.0 Å². The van der Waals surface area contributed by atoms with E-state index in [0.29, 0.717) is 26.0 Å². The molecule has 1 aliphatic heterocycles. The van der Waals surface area contributed by atoms with Gasteiger partial charge in [-0.1, -0.05) is 12.3 Å². The van der Waals surface area contributed by atoms with Crippen LogP contribution in [0.5, 0.6) is 0 Å². The minimum absolute atomic E-state index is 0.0137. The van der Waals surface area contributed by atoms with Gasteiger partial charge in [-0.05, 0) is 25.7 Å². The first-order valence-electron chi connectivity index (χ1n) is 7.79. The third-order valence-electron chi connectivity index (χ3n) is 3.51. The summed E-state index contributed by atoms with van der Waals surface area (Å²) >= 11 is 0. The molecule has 0 atom stereocenters. The largest absolute Gasteiger partial charge is 0.368 e. The Kier molecular flexibility index (Phi) is 9.30. The molecule has 5 nitrogen and oxygen atoms in total. The molecule has 2 amide bonds. The molecule has 5 heteroatoms. The minimum atomic E-state index is -0.0137. The molecule has 0 radical (unpaired) electrons. The molecule has 1 N–H and O–H groups in total. The minimum Gasteiger partial charge on any atom is -0.368 e. The number of carbonyl (C=O) groups is 2. The van der Waals surface area contributed by atoms with Gasteiger partial charge in [0.15, 0.2) is 0 Å². The summed E-state index contributed by atoms with van der Waals surface area (Å²) in [5.41, 5.74) is 0. The summed E-state index contributed by atoms with van der Waals surface area (Å²) in [6.07, 6.45) is 11.1. The second-order valence-electron chi connectivity index (χ2n) is 5.26. The molecule has 0 aliphatic carbocycles. The van der Waals surface area contributed by atoms with Crippen molar-refractivity contribution in [2.75, 3.05) is 32.8 Å². The Labute approximate surface area is 127 Å². The molecule has 0 aromatic rings. The van der Waals surface area contributed by atoms with Crippen molar-refractivity contribution < 1.29 is 14.3 Å². The number of amides is 2. The number of ether oxygens (including phenoxy) is 1. The average Bonchev–Trinajstić information content (AvgIpc) is 3.01. The van der Waals surface area contributed by atoms with E-state index in [-0.39, 0.29) is 18.4 Å². The highest BCUT2D eigenvalue weighted by molar-refractivity contribution is 5.76. The van der Waals surface area contributed by atoms with E-state index in [4.69, 9.17) is 11.2 Å². The monoisotopic (exact) mass is 294 g/mol. The van der Waals surface area contributed by atoms with Crippen LogP contribution in [0.2, 0.25) is 0 Å². The van der Waals surface area contributed by atoms with Crippen molar-refractivity contribution in [2.24, 2.45) is 0 Å². The SMILES string of the molecule is C#CCOCCC(=O)NCCCCCC(=O)N1CCCC1. The van der Waals surface area contributed by atoms with Crippen LogP contribution in [0.25, 0.3) is 0 Å². The molecular weight excluding hydrogens is 268 g/mol. The number of terminal acetylenes is 1. The molecule has 1 saturated heterocycles. The van der Waals surface area contributed by atoms with Crippen LogP contribution in [0, 0.1) is 12.3 Å². The quantitative estimate of drug-likeness (QED) is 0.488. The van der Waals surface area contributed by atoms with Gasteiger partial charge in [0.2, 0.25) is 11.8 Å². The molecule has 0 aromatic heterocycles. The highest BCUT2D eigenvalue weighted by atomic mass is 16.5. The molecule has 1 rings (SSSR count). The van der Waals surface area contributed by atoms with Crippen molar-refractivity contribution in [3.63, 3.8) is 0 Å². The Balaban J connectivity index is 1.88. The van der Waals surface area contributed by atoms with Gasteiger partial charge in [0.1, 0.15) is 6.61 Å². The summed E-state index contributed by atoms with van der Waals surface area (Å²) in [6.45, 7) is 3.12. The second kappa shape index (κ2) is 11.2. The summed E-state index contributed by atoms with van der Waals surface area (Å²) in [5, 5.41) is 2.84. The Hall–Kier alpha value is -1.54. The van der Waals surface area contributed by atoms with E-state index in [2.05, 4.69) is 11.2 Å². The molecule has 1 fully saturated rings. The lowest BCUT2D eigenvalue weighted by Crippen LogP contribution is -2.27. The van der Waals surface area contributed by atoms with E-state index in [1.165, 1.54) is 0 Å². The van der Waals surface area contributed by atoms with Gasteiger partial charge in [-0.2, -0.15) is 0 Å². The predicted molar refractivity (Wildman–Crippen MR) is 81.6 cm³/mol. The molecule has 21 heavy (non-hydrogen) atoms. The zero-order chi connectivity index (χ0) is 15.3. The molecular formula is C16H26N2O3. The zero-order valence-electron chi connectivity index (χ0n) is 12.7. The van der Waals surface area contributed by atoms with Crippen molar-refractivity contribution in [3.8, 4) is 12.3 Å². The van der Waals surface area contributed by atoms with Crippen LogP contribution in [0.3, 0.4) is 0 Å². The van der Waals surface area contributed by atoms with E-state index in [1.807, 2.05) is 4.90 Å². The van der Waals surface area contributed by atoms with Crippen LogP contribution < -0.4 is 5.32 Å². The van der Waals surface area contributed by atoms with Gasteiger partial charge in [-0.3, -0.25) is 9.59 Å². The van der Waals surface area contributed by atoms with Gasteiger partial charge in [0, 0.05) is 26.1 Å². The third-order valence-corrected chi connectivity index (χ3v) is 3.51. The number of rotatable bonds is 10. The van der Waals surface area contributed by atoms with Crippen LogP contribution in [0.4, 0.5) is 0 Å². The van der Waals surface area contributed by atoms with E-state index in [9.17, 15) is 9.59 Å². The maximum Gasteiger partial charge on any atom is 0.222 e. The van der Waals surface area contributed by atoms with Crippen molar-refractivity contribution in [3.05, 3.63) is 0 Å². The second-order valence-corrected chi connectivity index (χ2v) is 5.26. The fourth-order valence-corrected chi connectivity index (χ4v) is 2.31. The first-order valence-corrected chi connectivity index (χ1v) is 7.79. The van der Waals surface area contributed by atoms with Crippen LogP contribution in [-0.4, -0.2) is 49.6 Å². The summed E-state index contributed by atoms with van der Waals surface area (Å²) in [4.78, 5) is 25.2. The van der Waals surface area contributed by atoms with Gasteiger partial charge in [-0.25, -0.2) is 0 Å². The summed E-state index contributed by atoms with van der Waals surface area (Å²) < 4.78 is 5.03. The van der Waals surface area contributed by atoms with E-state index >= 15 is 0 Å². The third kappa shape index (κ3) is 8.36. The Morgan fingerprint density at radius 1 is 1.14 bits per heavy atom. The maximum absolute atomic E-state index is 11.8. The lowest BCUT2D eigenvalue weighted by atomic mass is 10.2. The van der Waals surface area contributed by atoms with Gasteiger partial charge >= 0.3 is 0 Å². The van der Waals surface area contributed by atoms with Gasteiger partial charge in [-0.15, -0.1) is 6.42 Å². The van der Waals surface area contributed by atoms with Gasteiger partial charge in [0.25, 0.3) is 0 Å². The van der Waals surface area contributed by atoms with E-state index < -0.39 is 0 Å². The number of nitrogens with zero attached hydrogens (tertiary/aromatic N) is 1. The van der Waals surface area contributed by atoms with Gasteiger partial charge in [0.05, 0.1) is 13.0 Å². The number of likely N-dealkylation sites (tertiary alicyclic amines) is 1. The Bertz CT molecular complexity index is 357. The predicted octanol–water partition coefficient (Wildman–Crippen LogP) is 1.33. The number of unbranched alkanes of at least 4 members (excludes halogenated alkanes) is 2. The first-order chi connectivity index (χ1) is 10.2. The molecule has 0 saturated carbocycles. The van der Waals surface area contributed by atoms with E-state index in [1.54, 1.807) is 0 Å². The number of carbonyl (C=O) groups excluding carboxylic acids is 2. The van der Waals surface area contributed by atoms with Crippen molar-refractivity contribution in [2.45, 2.75) is 44.9 Å². The number of hydrogen-bond acceptors (Lipinski definition) is 3. The Morgan fingerprint density at radius 2 is 1.90 bits per heavy atom. The van der Waals surface area contributed by atoms with Crippen molar-refractivity contribution in [1.29, 1.82) is 0 Å². The summed E-state index contributed by atoms with van der Waals surface area (Å²) in [5.74, 6) is 2.62. The van der Waals surface area contributed by atoms with Crippen molar-refractivity contribution >= 4 is 11.8 Å². The van der Waals surface area contributed by atoms with Crippen LogP contribution >= 0.6 is 0 Å². The lowest BCUT2D eigenvalue weighted by Gasteiger charge is -2.14. The fraction of sp³-hybridized carbons (Fsp3) is 0.750. The fourth-order valence-electron chi connectivity index (χ4n) is 2.31. The number of nitrogens with one attached hydrogen (secondary N) is 1. The molecule has 118 valence electrons. The van der Waals surface area contributed by atoms with E-state index in [0.717, 1.165) is 45.2 Å². The Morgan fingerprint density at radius 3 is 2.62 bits per heavy atom. The average molecular weight is 294 g/mol. The smallest absolute Gasteiger partial charge is 0.222 e. The molecule has 0 bridgehead atoms. The van der Waals surface area contributed by atoms with Crippen LogP contribution in [-0.2, 0) is 14.3 Å². The molecule has 1 aliphatic rings. The standard InChI is InChI=1S/C16H26N2O3/c1-2-13-21-14-9-15(19)17-10-5-3-4-8-16(20)18-11-6-7-12-18/h1H,3-14H2,(H,17,19).